The van der Waals surface area contributed by atoms with Gasteiger partial charge in [-0.3, -0.25) is 0 Å². The summed E-state index contributed by atoms with van der Waals surface area (Å²) in [7, 11) is 0. The molecule has 0 radical (unpaired) electrons. The highest BCUT2D eigenvalue weighted by atomic mass is 32.2. The van der Waals surface area contributed by atoms with Gasteiger partial charge in [0.2, 0.25) is 0 Å². The Morgan fingerprint density at radius 1 is 1.25 bits per heavy atom. The standard InChI is InChI=1S/C12H25NO2S/c1-12(8-14,9-15)7-13-10-5-3-4-6-11(10)16-2/h10-11,13-15H,3-9H2,1-2H3. The fourth-order valence-corrected chi connectivity index (χ4v) is 3.11. The van der Waals surface area contributed by atoms with Gasteiger partial charge >= 0.3 is 0 Å². The van der Waals surface area contributed by atoms with Gasteiger partial charge in [0.25, 0.3) is 0 Å². The lowest BCUT2D eigenvalue weighted by Gasteiger charge is -2.34. The molecular formula is C12H25NO2S. The maximum atomic E-state index is 9.23. The molecule has 0 amide bonds. The van der Waals surface area contributed by atoms with Crippen LogP contribution in [0.4, 0.5) is 0 Å². The first-order chi connectivity index (χ1) is 7.65. The van der Waals surface area contributed by atoms with Crippen LogP contribution in [0.25, 0.3) is 0 Å². The van der Waals surface area contributed by atoms with Gasteiger partial charge in [-0.25, -0.2) is 0 Å². The molecule has 0 spiro atoms. The van der Waals surface area contributed by atoms with Gasteiger partial charge in [-0.1, -0.05) is 19.8 Å². The number of hydrogen-bond acceptors (Lipinski definition) is 4. The molecule has 2 unspecified atom stereocenters. The summed E-state index contributed by atoms with van der Waals surface area (Å²) in [5.74, 6) is 0. The van der Waals surface area contributed by atoms with Crippen molar-refractivity contribution in [3.8, 4) is 0 Å². The van der Waals surface area contributed by atoms with Crippen LogP contribution in [0.3, 0.4) is 0 Å². The molecule has 1 saturated carbocycles. The summed E-state index contributed by atoms with van der Waals surface area (Å²) in [5, 5.41) is 22.7. The molecule has 1 aliphatic carbocycles. The van der Waals surface area contributed by atoms with Crippen LogP contribution >= 0.6 is 11.8 Å². The quantitative estimate of drug-likeness (QED) is 0.661. The molecule has 0 aromatic carbocycles. The molecule has 0 saturated heterocycles. The topological polar surface area (TPSA) is 52.5 Å². The van der Waals surface area contributed by atoms with E-state index < -0.39 is 0 Å². The molecule has 1 aliphatic rings. The van der Waals surface area contributed by atoms with Crippen LogP contribution in [-0.4, -0.2) is 47.5 Å². The van der Waals surface area contributed by atoms with Crippen LogP contribution in [0.2, 0.25) is 0 Å². The average Bonchev–Trinajstić information content (AvgIpc) is 2.36. The highest BCUT2D eigenvalue weighted by Crippen LogP contribution is 2.27. The summed E-state index contributed by atoms with van der Waals surface area (Å²) >= 11 is 1.93. The van der Waals surface area contributed by atoms with E-state index in [1.165, 1.54) is 25.7 Å². The third kappa shape index (κ3) is 3.91. The van der Waals surface area contributed by atoms with Crippen LogP contribution in [0.15, 0.2) is 0 Å². The normalized spacial score (nSPS) is 27.0. The number of thioether (sulfide) groups is 1. The SMILES string of the molecule is CSC1CCCCC1NCC(C)(CO)CO. The molecule has 0 aliphatic heterocycles. The predicted molar refractivity (Wildman–Crippen MR) is 69.8 cm³/mol. The van der Waals surface area contributed by atoms with Gasteiger partial charge in [0.1, 0.15) is 0 Å². The van der Waals surface area contributed by atoms with Crippen LogP contribution in [-0.2, 0) is 0 Å². The van der Waals surface area contributed by atoms with Gasteiger partial charge in [0.15, 0.2) is 0 Å². The van der Waals surface area contributed by atoms with E-state index in [4.69, 9.17) is 0 Å². The molecule has 2 atom stereocenters. The maximum Gasteiger partial charge on any atom is 0.0518 e. The lowest BCUT2D eigenvalue weighted by Crippen LogP contribution is -2.47. The molecule has 16 heavy (non-hydrogen) atoms. The Kier molecular flexibility index (Phi) is 6.11. The first-order valence-corrected chi connectivity index (χ1v) is 7.42. The number of rotatable bonds is 6. The summed E-state index contributed by atoms with van der Waals surface area (Å²) in [6.45, 7) is 2.68. The van der Waals surface area contributed by atoms with E-state index in [9.17, 15) is 10.2 Å². The second-order valence-electron chi connectivity index (χ2n) is 5.17. The molecule has 0 aromatic heterocycles. The lowest BCUT2D eigenvalue weighted by atomic mass is 9.90. The zero-order valence-corrected chi connectivity index (χ0v) is 11.2. The van der Waals surface area contributed by atoms with Crippen molar-refractivity contribution < 1.29 is 10.2 Å². The smallest absolute Gasteiger partial charge is 0.0518 e. The van der Waals surface area contributed by atoms with Crippen molar-refractivity contribution in [3.63, 3.8) is 0 Å². The van der Waals surface area contributed by atoms with E-state index in [0.29, 0.717) is 17.8 Å². The van der Waals surface area contributed by atoms with E-state index in [0.717, 1.165) is 0 Å². The highest BCUT2D eigenvalue weighted by Gasteiger charge is 2.28. The lowest BCUT2D eigenvalue weighted by molar-refractivity contribution is 0.0662. The number of nitrogens with one attached hydrogen (secondary N) is 1. The Morgan fingerprint density at radius 3 is 2.44 bits per heavy atom. The fourth-order valence-electron chi connectivity index (χ4n) is 2.15. The molecule has 0 heterocycles. The molecule has 4 heteroatoms. The monoisotopic (exact) mass is 247 g/mol. The van der Waals surface area contributed by atoms with E-state index in [2.05, 4.69) is 11.6 Å². The van der Waals surface area contributed by atoms with Gasteiger partial charge in [-0.15, -0.1) is 0 Å². The van der Waals surface area contributed by atoms with Gasteiger partial charge < -0.3 is 15.5 Å². The molecule has 3 nitrogen and oxygen atoms in total. The number of aliphatic hydroxyl groups excluding tert-OH is 2. The minimum absolute atomic E-state index is 0.0349. The van der Waals surface area contributed by atoms with Crippen molar-refractivity contribution in [1.29, 1.82) is 0 Å². The molecular weight excluding hydrogens is 222 g/mol. The molecule has 1 fully saturated rings. The maximum absolute atomic E-state index is 9.23. The first kappa shape index (κ1) is 14.3. The zero-order valence-electron chi connectivity index (χ0n) is 10.4. The molecule has 1 rings (SSSR count). The number of aliphatic hydroxyl groups is 2. The summed E-state index contributed by atoms with van der Waals surface area (Å²) in [6.07, 6.45) is 7.30. The first-order valence-electron chi connectivity index (χ1n) is 6.13. The predicted octanol–water partition coefficient (Wildman–Crippen LogP) is 1.24. The summed E-state index contributed by atoms with van der Waals surface area (Å²) in [4.78, 5) is 0. The minimum Gasteiger partial charge on any atom is -0.396 e. The summed E-state index contributed by atoms with van der Waals surface area (Å²) in [5.41, 5.74) is -0.388. The molecule has 0 aromatic rings. The second kappa shape index (κ2) is 6.84. The van der Waals surface area contributed by atoms with Gasteiger partial charge in [0.05, 0.1) is 13.2 Å². The molecule has 96 valence electrons. The van der Waals surface area contributed by atoms with E-state index in [1.54, 1.807) is 0 Å². The van der Waals surface area contributed by atoms with Crippen LogP contribution in [0.5, 0.6) is 0 Å². The van der Waals surface area contributed by atoms with Crippen molar-refractivity contribution in [1.82, 2.24) is 5.32 Å². The fraction of sp³-hybridized carbons (Fsp3) is 1.00. The Morgan fingerprint density at radius 2 is 1.88 bits per heavy atom. The van der Waals surface area contributed by atoms with Gasteiger partial charge in [-0.05, 0) is 19.1 Å². The summed E-state index contributed by atoms with van der Waals surface area (Å²) in [6, 6.07) is 0.543. The largest absolute Gasteiger partial charge is 0.396 e. The van der Waals surface area contributed by atoms with Gasteiger partial charge in [0, 0.05) is 23.3 Å². The van der Waals surface area contributed by atoms with Crippen molar-refractivity contribution in [3.05, 3.63) is 0 Å². The van der Waals surface area contributed by atoms with E-state index in [1.807, 2.05) is 18.7 Å². The molecule has 3 N–H and O–H groups in total. The van der Waals surface area contributed by atoms with E-state index in [-0.39, 0.29) is 18.6 Å². The van der Waals surface area contributed by atoms with Crippen molar-refractivity contribution in [2.75, 3.05) is 26.0 Å². The van der Waals surface area contributed by atoms with Crippen molar-refractivity contribution >= 4 is 11.8 Å². The van der Waals surface area contributed by atoms with Crippen LogP contribution < -0.4 is 5.32 Å². The van der Waals surface area contributed by atoms with E-state index >= 15 is 0 Å². The zero-order chi connectivity index (χ0) is 12.0. The number of hydrogen-bond donors (Lipinski definition) is 3. The van der Waals surface area contributed by atoms with Crippen molar-refractivity contribution in [2.24, 2.45) is 5.41 Å². The minimum atomic E-state index is -0.388. The average molecular weight is 247 g/mol. The Hall–Kier alpha value is 0.230. The highest BCUT2D eigenvalue weighted by molar-refractivity contribution is 7.99. The van der Waals surface area contributed by atoms with Crippen molar-refractivity contribution in [2.45, 2.75) is 43.9 Å². The summed E-state index contributed by atoms with van der Waals surface area (Å²) < 4.78 is 0. The molecule has 0 bridgehead atoms. The van der Waals surface area contributed by atoms with Crippen LogP contribution in [0.1, 0.15) is 32.6 Å². The second-order valence-corrected chi connectivity index (χ2v) is 6.25. The van der Waals surface area contributed by atoms with Crippen LogP contribution in [0, 0.1) is 5.41 Å². The van der Waals surface area contributed by atoms with Gasteiger partial charge in [-0.2, -0.15) is 11.8 Å². The third-order valence-electron chi connectivity index (χ3n) is 3.56. The Labute approximate surface area is 103 Å². The Bertz CT molecular complexity index is 197. The third-order valence-corrected chi connectivity index (χ3v) is 4.73. The Balaban J connectivity index is 2.40.